The van der Waals surface area contributed by atoms with Gasteiger partial charge in [-0.1, -0.05) is 36.4 Å². The van der Waals surface area contributed by atoms with Gasteiger partial charge in [0, 0.05) is 0 Å². The molecule has 8 heteroatoms. The average molecular weight is 318 g/mol. The number of rotatable bonds is 3. The van der Waals surface area contributed by atoms with Gasteiger partial charge in [-0.15, -0.1) is 13.2 Å². The molecule has 0 aliphatic rings. The molecule has 0 bridgehead atoms. The smallest absolute Gasteiger partial charge is 0.404 e. The number of alkyl halides is 3. The van der Waals surface area contributed by atoms with Crippen molar-refractivity contribution in [2.45, 2.75) is 11.3 Å². The second-order valence-electron chi connectivity index (χ2n) is 4.05. The van der Waals surface area contributed by atoms with Crippen molar-refractivity contribution < 1.29 is 30.9 Å². The zero-order valence-corrected chi connectivity index (χ0v) is 11.1. The molecule has 0 saturated heterocycles. The summed E-state index contributed by atoms with van der Waals surface area (Å²) in [4.78, 5) is -0.945. The maximum absolute atomic E-state index is 12.3. The molecule has 0 amide bonds. The van der Waals surface area contributed by atoms with E-state index in [2.05, 4.69) is 4.74 Å². The molecule has 2 aromatic carbocycles. The number of halogens is 3. The Bertz CT molecular complexity index is 740. The van der Waals surface area contributed by atoms with Gasteiger partial charge < -0.3 is 4.74 Å². The Morgan fingerprint density at radius 3 is 2.10 bits per heavy atom. The molecule has 112 valence electrons. The van der Waals surface area contributed by atoms with E-state index in [1.165, 1.54) is 6.07 Å². The lowest BCUT2D eigenvalue weighted by atomic mass is 10.1. The number of benzene rings is 2. The van der Waals surface area contributed by atoms with E-state index >= 15 is 0 Å². The van der Waals surface area contributed by atoms with Crippen LogP contribution in [0.3, 0.4) is 0 Å². The zero-order valence-electron chi connectivity index (χ0n) is 10.3. The number of ether oxygens (including phenoxy) is 1. The molecule has 0 atom stereocenters. The highest BCUT2D eigenvalue weighted by molar-refractivity contribution is 7.86. The third-order valence-corrected chi connectivity index (χ3v) is 3.45. The van der Waals surface area contributed by atoms with Crippen LogP contribution < -0.4 is 4.74 Å². The van der Waals surface area contributed by atoms with Gasteiger partial charge in [0.25, 0.3) is 10.1 Å². The van der Waals surface area contributed by atoms with Gasteiger partial charge >= 0.3 is 6.36 Å². The largest absolute Gasteiger partial charge is 0.573 e. The molecule has 2 aromatic rings. The molecule has 0 saturated carbocycles. The van der Waals surface area contributed by atoms with Crippen LogP contribution in [0.4, 0.5) is 13.2 Å². The van der Waals surface area contributed by atoms with Crippen LogP contribution in [0.5, 0.6) is 5.75 Å². The minimum atomic E-state index is -5.07. The van der Waals surface area contributed by atoms with E-state index in [4.69, 9.17) is 4.55 Å². The molecular formula is C13H9F3O4S. The van der Waals surface area contributed by atoms with Crippen LogP contribution in [0, 0.1) is 0 Å². The third kappa shape index (κ3) is 3.96. The summed E-state index contributed by atoms with van der Waals surface area (Å²) in [7, 11) is -4.83. The molecule has 0 spiro atoms. The number of hydrogen-bond donors (Lipinski definition) is 1. The van der Waals surface area contributed by atoms with Crippen LogP contribution in [0.25, 0.3) is 11.1 Å². The van der Waals surface area contributed by atoms with E-state index in [1.807, 2.05) is 0 Å². The highest BCUT2D eigenvalue weighted by Gasteiger charge is 2.34. The van der Waals surface area contributed by atoms with E-state index in [0.29, 0.717) is 11.1 Å². The molecule has 0 aliphatic carbocycles. The topological polar surface area (TPSA) is 63.6 Å². The van der Waals surface area contributed by atoms with Gasteiger partial charge in [-0.3, -0.25) is 4.55 Å². The molecule has 4 nitrogen and oxygen atoms in total. The predicted octanol–water partition coefficient (Wildman–Crippen LogP) is 3.50. The SMILES string of the molecule is O=S(=O)(O)c1ccc(-c2ccccc2)cc1OC(F)(F)F. The quantitative estimate of drug-likeness (QED) is 0.880. The Morgan fingerprint density at radius 2 is 1.57 bits per heavy atom. The van der Waals surface area contributed by atoms with Crippen LogP contribution in [-0.4, -0.2) is 19.3 Å². The Balaban J connectivity index is 2.57. The first-order valence-corrected chi connectivity index (χ1v) is 7.03. The summed E-state index contributed by atoms with van der Waals surface area (Å²) in [6.07, 6.45) is -5.07. The van der Waals surface area contributed by atoms with E-state index < -0.39 is 27.1 Å². The van der Waals surface area contributed by atoms with Gasteiger partial charge in [0.2, 0.25) is 0 Å². The Kier molecular flexibility index (Phi) is 3.93. The first-order valence-electron chi connectivity index (χ1n) is 5.59. The van der Waals surface area contributed by atoms with Gasteiger partial charge in [-0.25, -0.2) is 0 Å². The van der Waals surface area contributed by atoms with E-state index in [-0.39, 0.29) is 0 Å². The molecule has 2 rings (SSSR count). The average Bonchev–Trinajstić information content (AvgIpc) is 2.36. The normalized spacial score (nSPS) is 12.2. The zero-order chi connectivity index (χ0) is 15.7. The summed E-state index contributed by atoms with van der Waals surface area (Å²) < 4.78 is 71.9. The molecule has 0 radical (unpaired) electrons. The molecular weight excluding hydrogens is 309 g/mol. The van der Waals surface area contributed by atoms with Gasteiger partial charge in [0.1, 0.15) is 4.90 Å². The molecule has 1 N–H and O–H groups in total. The van der Waals surface area contributed by atoms with E-state index in [9.17, 15) is 21.6 Å². The summed E-state index contributed by atoms with van der Waals surface area (Å²) in [5, 5.41) is 0. The molecule has 0 aromatic heterocycles. The van der Waals surface area contributed by atoms with Crippen LogP contribution in [0.2, 0.25) is 0 Å². The van der Waals surface area contributed by atoms with Gasteiger partial charge in [0.05, 0.1) is 0 Å². The van der Waals surface area contributed by atoms with Gasteiger partial charge in [-0.05, 0) is 23.3 Å². The monoisotopic (exact) mass is 318 g/mol. The lowest BCUT2D eigenvalue weighted by Gasteiger charge is -2.13. The van der Waals surface area contributed by atoms with Crippen molar-refractivity contribution >= 4 is 10.1 Å². The van der Waals surface area contributed by atoms with E-state index in [0.717, 1.165) is 12.1 Å². The van der Waals surface area contributed by atoms with Crippen molar-refractivity contribution in [3.8, 4) is 16.9 Å². The standard InChI is InChI=1S/C13H9F3O4S/c14-13(15,16)20-11-8-10(9-4-2-1-3-5-9)6-7-12(11)21(17,18)19/h1-8H,(H,17,18,19). The molecule has 0 heterocycles. The lowest BCUT2D eigenvalue weighted by molar-refractivity contribution is -0.275. The highest BCUT2D eigenvalue weighted by Crippen LogP contribution is 2.33. The summed E-state index contributed by atoms with van der Waals surface area (Å²) in [5.41, 5.74) is 0.897. The Labute approximate surface area is 118 Å². The second kappa shape index (κ2) is 5.38. The second-order valence-corrected chi connectivity index (χ2v) is 5.44. The fraction of sp³-hybridized carbons (Fsp3) is 0.0769. The Morgan fingerprint density at radius 1 is 0.952 bits per heavy atom. The van der Waals surface area contributed by atoms with Crippen LogP contribution in [0.15, 0.2) is 53.4 Å². The van der Waals surface area contributed by atoms with Crippen LogP contribution in [0.1, 0.15) is 0 Å². The predicted molar refractivity (Wildman–Crippen MR) is 68.4 cm³/mol. The fourth-order valence-corrected chi connectivity index (χ4v) is 2.33. The summed E-state index contributed by atoms with van der Waals surface area (Å²) in [6.45, 7) is 0. The molecule has 0 unspecified atom stereocenters. The van der Waals surface area contributed by atoms with Crippen molar-refractivity contribution in [2.24, 2.45) is 0 Å². The van der Waals surface area contributed by atoms with Crippen molar-refractivity contribution in [1.29, 1.82) is 0 Å². The molecule has 0 aliphatic heterocycles. The van der Waals surface area contributed by atoms with Crippen molar-refractivity contribution in [3.63, 3.8) is 0 Å². The molecule has 0 fully saturated rings. The minimum Gasteiger partial charge on any atom is -0.404 e. The third-order valence-electron chi connectivity index (χ3n) is 2.55. The van der Waals surface area contributed by atoms with E-state index in [1.54, 1.807) is 30.3 Å². The summed E-state index contributed by atoms with van der Waals surface area (Å²) >= 11 is 0. The number of hydrogen-bond acceptors (Lipinski definition) is 3. The van der Waals surface area contributed by atoms with Crippen LogP contribution >= 0.6 is 0 Å². The van der Waals surface area contributed by atoms with Gasteiger partial charge in [0.15, 0.2) is 5.75 Å². The first-order chi connectivity index (χ1) is 9.67. The fourth-order valence-electron chi connectivity index (χ4n) is 1.74. The minimum absolute atomic E-state index is 0.322. The van der Waals surface area contributed by atoms with Crippen molar-refractivity contribution in [1.82, 2.24) is 0 Å². The summed E-state index contributed by atoms with van der Waals surface area (Å²) in [5.74, 6) is -0.980. The Hall–Kier alpha value is -2.06. The molecule has 21 heavy (non-hydrogen) atoms. The van der Waals surface area contributed by atoms with Crippen LogP contribution in [-0.2, 0) is 10.1 Å². The first kappa shape index (κ1) is 15.3. The maximum atomic E-state index is 12.3. The van der Waals surface area contributed by atoms with Crippen molar-refractivity contribution in [3.05, 3.63) is 48.5 Å². The highest BCUT2D eigenvalue weighted by atomic mass is 32.2. The maximum Gasteiger partial charge on any atom is 0.573 e. The van der Waals surface area contributed by atoms with Crippen molar-refractivity contribution in [2.75, 3.05) is 0 Å². The van der Waals surface area contributed by atoms with Gasteiger partial charge in [-0.2, -0.15) is 8.42 Å². The summed E-state index contributed by atoms with van der Waals surface area (Å²) in [6, 6.07) is 11.4. The lowest BCUT2D eigenvalue weighted by Crippen LogP contribution is -2.19.